The Morgan fingerprint density at radius 3 is 2.67 bits per heavy atom. The van der Waals surface area contributed by atoms with E-state index >= 15 is 0 Å². The highest BCUT2D eigenvalue weighted by molar-refractivity contribution is 5.94. The van der Waals surface area contributed by atoms with Gasteiger partial charge in [-0.25, -0.2) is 5.43 Å². The number of amides is 1. The van der Waals surface area contributed by atoms with E-state index in [1.165, 1.54) is 30.5 Å². The summed E-state index contributed by atoms with van der Waals surface area (Å²) in [4.78, 5) is 15.6. The number of hydrogen-bond acceptors (Lipinski definition) is 4. The van der Waals surface area contributed by atoms with Crippen molar-refractivity contribution in [3.05, 3.63) is 59.9 Å². The third-order valence-electron chi connectivity index (χ3n) is 2.18. The quantitative estimate of drug-likeness (QED) is 0.632. The van der Waals surface area contributed by atoms with Crippen molar-refractivity contribution < 1.29 is 9.90 Å². The molecule has 2 rings (SSSR count). The molecule has 2 N–H and O–H groups in total. The monoisotopic (exact) mass is 241 g/mol. The van der Waals surface area contributed by atoms with Gasteiger partial charge in [-0.15, -0.1) is 0 Å². The number of carbonyl (C=O) groups is 1. The van der Waals surface area contributed by atoms with E-state index in [9.17, 15) is 4.79 Å². The van der Waals surface area contributed by atoms with Crippen LogP contribution >= 0.6 is 0 Å². The molecule has 90 valence electrons. The fourth-order valence-corrected chi connectivity index (χ4v) is 1.29. The fraction of sp³-hybridized carbons (Fsp3) is 0. The van der Waals surface area contributed by atoms with Gasteiger partial charge in [0.05, 0.1) is 11.9 Å². The standard InChI is InChI=1S/C13H11N3O2/c17-12-6-4-10(5-7-12)13(18)16-15-9-11-3-1-2-8-14-11/h1-9,17H,(H,16,18)/b15-9-. The van der Waals surface area contributed by atoms with E-state index in [4.69, 9.17) is 5.11 Å². The van der Waals surface area contributed by atoms with Gasteiger partial charge in [-0.1, -0.05) is 6.07 Å². The Balaban J connectivity index is 1.96. The van der Waals surface area contributed by atoms with Gasteiger partial charge in [-0.3, -0.25) is 9.78 Å². The molecule has 5 nitrogen and oxygen atoms in total. The van der Waals surface area contributed by atoms with E-state index in [-0.39, 0.29) is 11.7 Å². The van der Waals surface area contributed by atoms with Crippen molar-refractivity contribution in [2.45, 2.75) is 0 Å². The van der Waals surface area contributed by atoms with Crippen LogP contribution in [0.25, 0.3) is 0 Å². The number of benzene rings is 1. The van der Waals surface area contributed by atoms with Gasteiger partial charge in [-0.2, -0.15) is 5.10 Å². The molecule has 5 heteroatoms. The summed E-state index contributed by atoms with van der Waals surface area (Å²) in [5.74, 6) is -0.231. The molecule has 0 radical (unpaired) electrons. The second-order valence-corrected chi connectivity index (χ2v) is 3.50. The van der Waals surface area contributed by atoms with Crippen LogP contribution < -0.4 is 5.43 Å². The number of pyridine rings is 1. The van der Waals surface area contributed by atoms with Gasteiger partial charge in [0.25, 0.3) is 5.91 Å². The number of aromatic hydroxyl groups is 1. The molecule has 1 amide bonds. The van der Waals surface area contributed by atoms with Gasteiger partial charge in [0.2, 0.25) is 0 Å². The van der Waals surface area contributed by atoms with E-state index in [2.05, 4.69) is 15.5 Å². The Morgan fingerprint density at radius 1 is 1.22 bits per heavy atom. The predicted octanol–water partition coefficient (Wildman–Crippen LogP) is 1.55. The molecule has 0 aliphatic heterocycles. The average Bonchev–Trinajstić information content (AvgIpc) is 2.40. The number of hydrogen-bond donors (Lipinski definition) is 2. The molecule has 1 heterocycles. The van der Waals surface area contributed by atoms with Gasteiger partial charge >= 0.3 is 0 Å². The topological polar surface area (TPSA) is 74.6 Å². The molecular weight excluding hydrogens is 230 g/mol. The molecule has 0 saturated carbocycles. The Labute approximate surface area is 104 Å². The van der Waals surface area contributed by atoms with Gasteiger partial charge in [0.1, 0.15) is 5.75 Å². The molecule has 1 aromatic carbocycles. The second-order valence-electron chi connectivity index (χ2n) is 3.50. The van der Waals surface area contributed by atoms with E-state index in [1.54, 1.807) is 18.3 Å². The molecule has 2 aromatic rings. The Morgan fingerprint density at radius 2 is 2.00 bits per heavy atom. The number of hydrazone groups is 1. The van der Waals surface area contributed by atoms with Gasteiger partial charge < -0.3 is 5.11 Å². The van der Waals surface area contributed by atoms with E-state index < -0.39 is 0 Å². The van der Waals surface area contributed by atoms with Crippen LogP contribution in [0.2, 0.25) is 0 Å². The first-order valence-corrected chi connectivity index (χ1v) is 5.29. The highest BCUT2D eigenvalue weighted by Crippen LogP contribution is 2.09. The van der Waals surface area contributed by atoms with Gasteiger partial charge in [-0.05, 0) is 36.4 Å². The van der Waals surface area contributed by atoms with Crippen molar-refractivity contribution in [2.24, 2.45) is 5.10 Å². The number of nitrogens with one attached hydrogen (secondary N) is 1. The number of nitrogens with zero attached hydrogens (tertiary/aromatic N) is 2. The summed E-state index contributed by atoms with van der Waals surface area (Å²) in [5.41, 5.74) is 3.45. The van der Waals surface area contributed by atoms with Crippen LogP contribution in [0.5, 0.6) is 5.75 Å². The summed E-state index contributed by atoms with van der Waals surface area (Å²) in [5, 5.41) is 12.9. The Kier molecular flexibility index (Phi) is 3.66. The van der Waals surface area contributed by atoms with Crippen LogP contribution in [0.4, 0.5) is 0 Å². The fourth-order valence-electron chi connectivity index (χ4n) is 1.29. The highest BCUT2D eigenvalue weighted by atomic mass is 16.3. The van der Waals surface area contributed by atoms with Crippen molar-refractivity contribution in [3.63, 3.8) is 0 Å². The third-order valence-corrected chi connectivity index (χ3v) is 2.18. The zero-order chi connectivity index (χ0) is 12.8. The van der Waals surface area contributed by atoms with Crippen LogP contribution in [0.15, 0.2) is 53.8 Å². The van der Waals surface area contributed by atoms with E-state index in [0.717, 1.165) is 0 Å². The lowest BCUT2D eigenvalue weighted by atomic mass is 10.2. The number of phenolic OH excluding ortho intramolecular Hbond substituents is 1. The van der Waals surface area contributed by atoms with Crippen LogP contribution in [0.1, 0.15) is 16.1 Å². The zero-order valence-electron chi connectivity index (χ0n) is 9.45. The van der Waals surface area contributed by atoms with Crippen molar-refractivity contribution >= 4 is 12.1 Å². The summed E-state index contributed by atoms with van der Waals surface area (Å²) >= 11 is 0. The van der Waals surface area contributed by atoms with Crippen molar-refractivity contribution in [1.29, 1.82) is 0 Å². The zero-order valence-corrected chi connectivity index (χ0v) is 9.45. The predicted molar refractivity (Wildman–Crippen MR) is 67.4 cm³/mol. The molecule has 0 unspecified atom stereocenters. The molecule has 1 aromatic heterocycles. The Bertz CT molecular complexity index is 550. The number of phenols is 1. The lowest BCUT2D eigenvalue weighted by molar-refractivity contribution is 0.0955. The molecule has 0 fully saturated rings. The number of aromatic nitrogens is 1. The minimum absolute atomic E-state index is 0.114. The number of rotatable bonds is 3. The first kappa shape index (κ1) is 11.8. The molecule has 18 heavy (non-hydrogen) atoms. The largest absolute Gasteiger partial charge is 0.508 e. The smallest absolute Gasteiger partial charge is 0.271 e. The maximum Gasteiger partial charge on any atom is 0.271 e. The minimum atomic E-state index is -0.345. The summed E-state index contributed by atoms with van der Waals surface area (Å²) in [7, 11) is 0. The summed E-state index contributed by atoms with van der Waals surface area (Å²) in [6, 6.07) is 11.3. The van der Waals surface area contributed by atoms with Crippen LogP contribution in [0, 0.1) is 0 Å². The van der Waals surface area contributed by atoms with Crippen LogP contribution in [-0.4, -0.2) is 22.2 Å². The maximum atomic E-state index is 11.6. The van der Waals surface area contributed by atoms with Gasteiger partial charge in [0, 0.05) is 11.8 Å². The number of carbonyl (C=O) groups excluding carboxylic acids is 1. The molecule has 0 saturated heterocycles. The first-order valence-electron chi connectivity index (χ1n) is 5.29. The molecule has 0 spiro atoms. The molecule has 0 atom stereocenters. The lowest BCUT2D eigenvalue weighted by Gasteiger charge is -1.99. The summed E-state index contributed by atoms with van der Waals surface area (Å²) in [6.07, 6.45) is 3.10. The molecule has 0 aliphatic rings. The average molecular weight is 241 g/mol. The normalized spacial score (nSPS) is 10.4. The van der Waals surface area contributed by atoms with Gasteiger partial charge in [0.15, 0.2) is 0 Å². The van der Waals surface area contributed by atoms with E-state index in [1.807, 2.05) is 6.07 Å². The van der Waals surface area contributed by atoms with Crippen molar-refractivity contribution in [2.75, 3.05) is 0 Å². The SMILES string of the molecule is O=C(N/N=C\c1ccccn1)c1ccc(O)cc1. The lowest BCUT2D eigenvalue weighted by Crippen LogP contribution is -2.17. The third kappa shape index (κ3) is 3.15. The second kappa shape index (κ2) is 5.58. The minimum Gasteiger partial charge on any atom is -0.508 e. The maximum absolute atomic E-state index is 11.6. The van der Waals surface area contributed by atoms with E-state index in [0.29, 0.717) is 11.3 Å². The highest BCUT2D eigenvalue weighted by Gasteiger charge is 2.02. The Hall–Kier alpha value is -2.69. The van der Waals surface area contributed by atoms with Crippen molar-refractivity contribution in [1.82, 2.24) is 10.4 Å². The molecule has 0 bridgehead atoms. The van der Waals surface area contributed by atoms with Crippen molar-refractivity contribution in [3.8, 4) is 5.75 Å². The summed E-state index contributed by atoms with van der Waals surface area (Å²) in [6.45, 7) is 0. The van der Waals surface area contributed by atoms with Crippen LogP contribution in [-0.2, 0) is 0 Å². The molecule has 0 aliphatic carbocycles. The molecular formula is C13H11N3O2. The summed E-state index contributed by atoms with van der Waals surface area (Å²) < 4.78 is 0. The van der Waals surface area contributed by atoms with Crippen LogP contribution in [0.3, 0.4) is 0 Å². The first-order chi connectivity index (χ1) is 8.75.